The molecule has 118 valence electrons. The molecule has 1 saturated heterocycles. The third kappa shape index (κ3) is 3.81. The maximum atomic E-state index is 11.9. The Morgan fingerprint density at radius 2 is 1.36 bits per heavy atom. The first kappa shape index (κ1) is 15.5. The van der Waals surface area contributed by atoms with Gasteiger partial charge in [-0.15, -0.1) is 0 Å². The summed E-state index contributed by atoms with van der Waals surface area (Å²) < 4.78 is 4.54. The zero-order chi connectivity index (χ0) is 16.1. The summed E-state index contributed by atoms with van der Waals surface area (Å²) in [6, 6.07) is 0. The number of rotatable bonds is 1. The van der Waals surface area contributed by atoms with Gasteiger partial charge in [-0.25, -0.2) is 38.7 Å². The molecule has 10 nitrogen and oxygen atoms in total. The molecule has 1 fully saturated rings. The molecule has 0 aromatic rings. The summed E-state index contributed by atoms with van der Waals surface area (Å²) in [5, 5.41) is 0. The van der Waals surface area contributed by atoms with Crippen molar-refractivity contribution in [1.82, 2.24) is 0 Å². The Morgan fingerprint density at radius 1 is 0.773 bits per heavy atom. The van der Waals surface area contributed by atoms with Gasteiger partial charge in [-0.2, -0.15) is 0 Å². The molecule has 0 saturated carbocycles. The molecule has 0 N–H and O–H groups in total. The van der Waals surface area contributed by atoms with Crippen molar-refractivity contribution in [3.05, 3.63) is 12.3 Å². The Kier molecular flexibility index (Phi) is 4.71. The maximum absolute atomic E-state index is 11.9. The average Bonchev–Trinajstić information content (AvgIpc) is 2.91. The number of cyclic esters (lactones) is 1. The van der Waals surface area contributed by atoms with Crippen molar-refractivity contribution < 1.29 is 48.3 Å². The van der Waals surface area contributed by atoms with Gasteiger partial charge in [0.25, 0.3) is 0 Å². The summed E-state index contributed by atoms with van der Waals surface area (Å²) in [7, 11) is 0. The Hall–Kier alpha value is -2.91. The molecule has 2 aliphatic rings. The van der Waals surface area contributed by atoms with Crippen LogP contribution < -0.4 is 0 Å². The quantitative estimate of drug-likeness (QED) is 0.459. The zero-order valence-electron chi connectivity index (χ0n) is 11.0. The predicted octanol–water partition coefficient (Wildman–Crippen LogP) is -0.524. The van der Waals surface area contributed by atoms with E-state index in [9.17, 15) is 24.0 Å². The predicted molar refractivity (Wildman–Crippen MR) is 60.4 cm³/mol. The van der Waals surface area contributed by atoms with Crippen molar-refractivity contribution in [3.63, 3.8) is 0 Å². The standard InChI is InChI=1S/C12H10O10/c13-8-1-2-9(14)20-22-12(17)7(5-10(15)21-19-8)6-3-4-18-11(6)16/h3-4,6-7H,1-2,5H2. The fourth-order valence-electron chi connectivity index (χ4n) is 1.75. The third-order valence-corrected chi connectivity index (χ3v) is 2.84. The second-order valence-electron chi connectivity index (χ2n) is 4.37. The minimum absolute atomic E-state index is 0.426. The lowest BCUT2D eigenvalue weighted by Crippen LogP contribution is -2.32. The van der Waals surface area contributed by atoms with Gasteiger partial charge >= 0.3 is 29.8 Å². The molecule has 2 unspecified atom stereocenters. The monoisotopic (exact) mass is 314 g/mol. The number of hydrogen-bond acceptors (Lipinski definition) is 10. The molecular weight excluding hydrogens is 304 g/mol. The summed E-state index contributed by atoms with van der Waals surface area (Å²) in [6.07, 6.45) is 0.771. The molecule has 2 heterocycles. The molecule has 2 aliphatic heterocycles. The smallest absolute Gasteiger partial charge is 0.360 e. The first-order valence-corrected chi connectivity index (χ1v) is 6.16. The van der Waals surface area contributed by atoms with E-state index in [1.165, 1.54) is 6.08 Å². The summed E-state index contributed by atoms with van der Waals surface area (Å²) >= 11 is 0. The van der Waals surface area contributed by atoms with Crippen LogP contribution in [0.3, 0.4) is 0 Å². The van der Waals surface area contributed by atoms with Crippen LogP contribution in [0.25, 0.3) is 0 Å². The van der Waals surface area contributed by atoms with Gasteiger partial charge in [-0.3, -0.25) is 4.79 Å². The van der Waals surface area contributed by atoms with Crippen LogP contribution in [-0.4, -0.2) is 29.8 Å². The van der Waals surface area contributed by atoms with Crippen molar-refractivity contribution >= 4 is 29.8 Å². The maximum Gasteiger partial charge on any atom is 0.360 e. The molecule has 0 radical (unpaired) electrons. The molecule has 0 bridgehead atoms. The normalized spacial score (nSPS) is 26.8. The van der Waals surface area contributed by atoms with Crippen LogP contribution in [0.15, 0.2) is 12.3 Å². The lowest BCUT2D eigenvalue weighted by atomic mass is 9.90. The van der Waals surface area contributed by atoms with E-state index in [0.29, 0.717) is 0 Å². The van der Waals surface area contributed by atoms with E-state index < -0.39 is 60.9 Å². The highest BCUT2D eigenvalue weighted by Gasteiger charge is 2.40. The van der Waals surface area contributed by atoms with E-state index in [-0.39, 0.29) is 0 Å². The van der Waals surface area contributed by atoms with Crippen molar-refractivity contribution in [2.24, 2.45) is 11.8 Å². The number of ether oxygens (including phenoxy) is 1. The van der Waals surface area contributed by atoms with Crippen LogP contribution in [0.1, 0.15) is 19.3 Å². The van der Waals surface area contributed by atoms with Crippen molar-refractivity contribution in [3.8, 4) is 0 Å². The van der Waals surface area contributed by atoms with E-state index in [1.807, 2.05) is 0 Å². The largest absolute Gasteiger partial charge is 0.434 e. The number of hydrogen-bond donors (Lipinski definition) is 0. The SMILES string of the molecule is O=C1CCC(=O)OOC(=O)C(C2C=COC2=O)CC(=O)OO1. The zero-order valence-corrected chi connectivity index (χ0v) is 11.0. The Labute approximate surface area is 122 Å². The summed E-state index contributed by atoms with van der Waals surface area (Å²) in [4.78, 5) is 74.1. The molecule has 22 heavy (non-hydrogen) atoms. The fraction of sp³-hybridized carbons (Fsp3) is 0.417. The minimum Gasteiger partial charge on any atom is -0.434 e. The molecule has 2 rings (SSSR count). The molecule has 2 atom stereocenters. The van der Waals surface area contributed by atoms with Gasteiger partial charge in [0.1, 0.15) is 0 Å². The van der Waals surface area contributed by atoms with Gasteiger partial charge in [0.2, 0.25) is 0 Å². The Balaban J connectivity index is 2.14. The van der Waals surface area contributed by atoms with Crippen LogP contribution >= 0.6 is 0 Å². The van der Waals surface area contributed by atoms with Crippen molar-refractivity contribution in [2.75, 3.05) is 0 Å². The van der Waals surface area contributed by atoms with Crippen molar-refractivity contribution in [1.29, 1.82) is 0 Å². The van der Waals surface area contributed by atoms with E-state index in [0.717, 1.165) is 6.26 Å². The molecule has 0 amide bonds. The second kappa shape index (κ2) is 6.70. The first-order chi connectivity index (χ1) is 10.5. The molecule has 10 heteroatoms. The highest BCUT2D eigenvalue weighted by Crippen LogP contribution is 2.26. The van der Waals surface area contributed by atoms with Gasteiger partial charge in [-0.05, 0) is 6.08 Å². The summed E-state index contributed by atoms with van der Waals surface area (Å²) in [6.45, 7) is 0. The van der Waals surface area contributed by atoms with E-state index in [2.05, 4.69) is 24.3 Å². The van der Waals surface area contributed by atoms with Gasteiger partial charge in [0.05, 0.1) is 37.4 Å². The lowest BCUT2D eigenvalue weighted by Gasteiger charge is -2.16. The van der Waals surface area contributed by atoms with Gasteiger partial charge in [-0.1, -0.05) is 0 Å². The van der Waals surface area contributed by atoms with Crippen LogP contribution in [0.2, 0.25) is 0 Å². The lowest BCUT2D eigenvalue weighted by molar-refractivity contribution is -0.271. The Morgan fingerprint density at radius 3 is 1.95 bits per heavy atom. The molecule has 0 aliphatic carbocycles. The molecule has 0 aromatic heterocycles. The average molecular weight is 314 g/mol. The topological polar surface area (TPSA) is 132 Å². The number of carbonyl (C=O) groups excluding carboxylic acids is 5. The van der Waals surface area contributed by atoms with Gasteiger partial charge < -0.3 is 4.74 Å². The molecule has 0 spiro atoms. The Bertz CT molecular complexity index is 548. The van der Waals surface area contributed by atoms with E-state index in [4.69, 9.17) is 0 Å². The van der Waals surface area contributed by atoms with E-state index >= 15 is 0 Å². The van der Waals surface area contributed by atoms with Crippen LogP contribution in [-0.2, 0) is 48.3 Å². The van der Waals surface area contributed by atoms with E-state index in [1.54, 1.807) is 0 Å². The van der Waals surface area contributed by atoms with Gasteiger partial charge in [0, 0.05) is 0 Å². The molecule has 0 aromatic carbocycles. The van der Waals surface area contributed by atoms with Crippen LogP contribution in [0, 0.1) is 11.8 Å². The summed E-state index contributed by atoms with van der Waals surface area (Å²) in [5.41, 5.74) is 0. The minimum atomic E-state index is -1.36. The van der Waals surface area contributed by atoms with Crippen LogP contribution in [0.5, 0.6) is 0 Å². The second-order valence-corrected chi connectivity index (χ2v) is 4.37. The number of carbonyl (C=O) groups is 5. The van der Waals surface area contributed by atoms with Crippen molar-refractivity contribution in [2.45, 2.75) is 19.3 Å². The highest BCUT2D eigenvalue weighted by molar-refractivity contribution is 5.88. The highest BCUT2D eigenvalue weighted by atomic mass is 17.2. The number of esters is 1. The third-order valence-electron chi connectivity index (χ3n) is 2.84. The fourth-order valence-corrected chi connectivity index (χ4v) is 1.75. The summed E-state index contributed by atoms with van der Waals surface area (Å²) in [5.74, 6) is -7.44. The van der Waals surface area contributed by atoms with Gasteiger partial charge in [0.15, 0.2) is 0 Å². The molecular formula is C12H10O10. The van der Waals surface area contributed by atoms with Crippen LogP contribution in [0.4, 0.5) is 0 Å². The first-order valence-electron chi connectivity index (χ1n) is 6.16.